The minimum atomic E-state index is -1.11. The maximum Gasteiger partial charge on any atom is 0.339 e. The molecule has 0 saturated heterocycles. The number of anilines is 3. The van der Waals surface area contributed by atoms with E-state index in [4.69, 9.17) is 0 Å². The number of carboxylic acid groups (broad SMARTS) is 1. The third-order valence-electron chi connectivity index (χ3n) is 3.92. The summed E-state index contributed by atoms with van der Waals surface area (Å²) in [6.07, 6.45) is 4.29. The van der Waals surface area contributed by atoms with Crippen molar-refractivity contribution < 1.29 is 14.3 Å². The molecular weight excluding hydrogens is 397 g/mol. The number of benzene rings is 1. The van der Waals surface area contributed by atoms with E-state index in [1.54, 1.807) is 37.3 Å². The lowest BCUT2D eigenvalue weighted by Crippen LogP contribution is -2.14. The SMILES string of the molecule is CC.CC.Cc1ccc(F)c(-c2ncc(N(C)C)c(Nc3ccncc3C(=O)O)n2)c1. The monoisotopic (exact) mass is 427 g/mol. The van der Waals surface area contributed by atoms with Crippen LogP contribution in [0.25, 0.3) is 11.4 Å². The van der Waals surface area contributed by atoms with E-state index in [2.05, 4.69) is 20.3 Å². The van der Waals surface area contributed by atoms with Gasteiger partial charge in [0.1, 0.15) is 11.4 Å². The van der Waals surface area contributed by atoms with E-state index < -0.39 is 11.8 Å². The molecule has 0 aliphatic carbocycles. The van der Waals surface area contributed by atoms with Crippen LogP contribution in [0.5, 0.6) is 0 Å². The second-order valence-electron chi connectivity index (χ2n) is 6.16. The molecule has 0 bridgehead atoms. The average molecular weight is 428 g/mol. The Morgan fingerprint density at radius 3 is 2.39 bits per heavy atom. The number of pyridine rings is 1. The molecular formula is C23H30FN5O2. The third kappa shape index (κ3) is 6.47. The molecule has 3 aromatic rings. The molecule has 8 heteroatoms. The zero-order chi connectivity index (χ0) is 23.6. The van der Waals surface area contributed by atoms with Gasteiger partial charge in [0, 0.05) is 26.5 Å². The van der Waals surface area contributed by atoms with Crippen LogP contribution in [-0.2, 0) is 0 Å². The first-order valence-corrected chi connectivity index (χ1v) is 10.1. The molecule has 0 radical (unpaired) electrons. The zero-order valence-electron chi connectivity index (χ0n) is 19.1. The fourth-order valence-corrected chi connectivity index (χ4v) is 2.54. The van der Waals surface area contributed by atoms with Crippen LogP contribution in [0.3, 0.4) is 0 Å². The highest BCUT2D eigenvalue weighted by molar-refractivity contribution is 5.95. The van der Waals surface area contributed by atoms with Crippen LogP contribution in [0.2, 0.25) is 0 Å². The molecule has 0 aliphatic heterocycles. The summed E-state index contributed by atoms with van der Waals surface area (Å²) in [6, 6.07) is 6.24. The molecule has 0 spiro atoms. The smallest absolute Gasteiger partial charge is 0.339 e. The number of hydrogen-bond acceptors (Lipinski definition) is 6. The molecule has 0 fully saturated rings. The van der Waals surface area contributed by atoms with Gasteiger partial charge < -0.3 is 15.3 Å². The van der Waals surface area contributed by atoms with Crippen LogP contribution in [0.15, 0.2) is 42.9 Å². The normalized spacial score (nSPS) is 9.55. The summed E-state index contributed by atoms with van der Waals surface area (Å²) in [7, 11) is 3.61. The highest BCUT2D eigenvalue weighted by atomic mass is 19.1. The molecule has 0 aliphatic rings. The van der Waals surface area contributed by atoms with Crippen molar-refractivity contribution in [2.75, 3.05) is 24.3 Å². The van der Waals surface area contributed by atoms with E-state index in [0.717, 1.165) is 5.56 Å². The van der Waals surface area contributed by atoms with Crippen molar-refractivity contribution in [2.45, 2.75) is 34.6 Å². The lowest BCUT2D eigenvalue weighted by molar-refractivity contribution is 0.0697. The Labute approximate surface area is 183 Å². The molecule has 166 valence electrons. The Balaban J connectivity index is 0.00000113. The number of rotatable bonds is 5. The highest BCUT2D eigenvalue weighted by Gasteiger charge is 2.16. The fraction of sp³-hybridized carbons (Fsp3) is 0.304. The largest absolute Gasteiger partial charge is 0.478 e. The van der Waals surface area contributed by atoms with Gasteiger partial charge in [0.15, 0.2) is 11.6 Å². The van der Waals surface area contributed by atoms with Gasteiger partial charge in [-0.15, -0.1) is 0 Å². The Bertz CT molecular complexity index is 1010. The summed E-state index contributed by atoms with van der Waals surface area (Å²) in [5.74, 6) is -0.981. The number of aromatic carboxylic acids is 1. The Morgan fingerprint density at radius 2 is 1.77 bits per heavy atom. The van der Waals surface area contributed by atoms with Gasteiger partial charge in [0.2, 0.25) is 0 Å². The lowest BCUT2D eigenvalue weighted by atomic mass is 10.1. The number of nitrogens with one attached hydrogen (secondary N) is 1. The molecule has 3 rings (SSSR count). The first-order valence-electron chi connectivity index (χ1n) is 10.1. The molecule has 2 heterocycles. The standard InChI is InChI=1S/C19H18FN5O2.2C2H6/c1-11-4-5-14(20)12(8-11)17-22-10-16(25(2)3)18(24-17)23-15-6-7-21-9-13(15)19(26)27;2*1-2/h4-10H,1-3H3,(H,26,27)(H,21,22,23,24);2*1-2H3. The first-order chi connectivity index (χ1) is 14.9. The van der Waals surface area contributed by atoms with Gasteiger partial charge in [-0.25, -0.2) is 19.2 Å². The van der Waals surface area contributed by atoms with Crippen molar-refractivity contribution in [1.29, 1.82) is 0 Å². The lowest BCUT2D eigenvalue weighted by Gasteiger charge is -2.18. The van der Waals surface area contributed by atoms with Crippen LogP contribution < -0.4 is 10.2 Å². The Kier molecular flexibility index (Phi) is 10.0. The summed E-state index contributed by atoms with van der Waals surface area (Å²) >= 11 is 0. The predicted octanol–water partition coefficient (Wildman–Crippen LogP) is 5.55. The van der Waals surface area contributed by atoms with Gasteiger partial charge in [0.25, 0.3) is 0 Å². The zero-order valence-corrected chi connectivity index (χ0v) is 19.1. The highest BCUT2D eigenvalue weighted by Crippen LogP contribution is 2.30. The fourth-order valence-electron chi connectivity index (χ4n) is 2.54. The van der Waals surface area contributed by atoms with Crippen molar-refractivity contribution in [3.05, 3.63) is 59.8 Å². The second-order valence-corrected chi connectivity index (χ2v) is 6.16. The molecule has 0 saturated carbocycles. The minimum Gasteiger partial charge on any atom is -0.478 e. The second kappa shape index (κ2) is 12.2. The number of carbonyl (C=O) groups is 1. The number of halogens is 1. The van der Waals surface area contributed by atoms with Gasteiger partial charge in [0.05, 0.1) is 23.1 Å². The van der Waals surface area contributed by atoms with Crippen LogP contribution in [0.1, 0.15) is 43.6 Å². The van der Waals surface area contributed by atoms with Gasteiger partial charge >= 0.3 is 5.97 Å². The molecule has 2 aromatic heterocycles. The molecule has 0 amide bonds. The topological polar surface area (TPSA) is 91.2 Å². The molecule has 31 heavy (non-hydrogen) atoms. The Hall–Kier alpha value is -3.55. The van der Waals surface area contributed by atoms with Crippen LogP contribution in [0, 0.1) is 12.7 Å². The maximum absolute atomic E-state index is 14.2. The summed E-state index contributed by atoms with van der Waals surface area (Å²) in [5, 5.41) is 12.4. The van der Waals surface area contributed by atoms with E-state index in [1.165, 1.54) is 24.5 Å². The van der Waals surface area contributed by atoms with Crippen molar-refractivity contribution >= 4 is 23.2 Å². The average Bonchev–Trinajstić information content (AvgIpc) is 2.78. The van der Waals surface area contributed by atoms with Gasteiger partial charge in [-0.3, -0.25) is 4.98 Å². The van der Waals surface area contributed by atoms with Gasteiger partial charge in [-0.1, -0.05) is 39.3 Å². The number of carboxylic acids is 1. The predicted molar refractivity (Wildman–Crippen MR) is 124 cm³/mol. The van der Waals surface area contributed by atoms with Crippen LogP contribution in [-0.4, -0.2) is 40.1 Å². The summed E-state index contributed by atoms with van der Waals surface area (Å²) in [6.45, 7) is 9.85. The third-order valence-corrected chi connectivity index (χ3v) is 3.92. The molecule has 0 atom stereocenters. The van der Waals surface area contributed by atoms with E-state index in [9.17, 15) is 14.3 Å². The van der Waals surface area contributed by atoms with Crippen molar-refractivity contribution in [3.63, 3.8) is 0 Å². The summed E-state index contributed by atoms with van der Waals surface area (Å²) in [4.78, 5) is 25.8. The molecule has 2 N–H and O–H groups in total. The van der Waals surface area contributed by atoms with E-state index in [0.29, 0.717) is 17.2 Å². The van der Waals surface area contributed by atoms with E-state index >= 15 is 0 Å². The van der Waals surface area contributed by atoms with Crippen LogP contribution in [0.4, 0.5) is 21.6 Å². The number of aryl methyl sites for hydroxylation is 1. The van der Waals surface area contributed by atoms with Crippen molar-refractivity contribution in [1.82, 2.24) is 15.0 Å². The van der Waals surface area contributed by atoms with Crippen LogP contribution >= 0.6 is 0 Å². The number of hydrogen-bond donors (Lipinski definition) is 2. The van der Waals surface area contributed by atoms with Gasteiger partial charge in [-0.2, -0.15) is 0 Å². The molecule has 0 unspecified atom stereocenters. The summed E-state index contributed by atoms with van der Waals surface area (Å²) < 4.78 is 14.2. The number of nitrogens with zero attached hydrogens (tertiary/aromatic N) is 4. The first kappa shape index (κ1) is 25.5. The quantitative estimate of drug-likeness (QED) is 0.552. The van der Waals surface area contributed by atoms with Crippen molar-refractivity contribution in [2.24, 2.45) is 0 Å². The molecule has 1 aromatic carbocycles. The van der Waals surface area contributed by atoms with E-state index in [1.807, 2.05) is 34.6 Å². The van der Waals surface area contributed by atoms with E-state index in [-0.39, 0.29) is 17.0 Å². The van der Waals surface area contributed by atoms with Gasteiger partial charge in [-0.05, 0) is 25.1 Å². The number of aromatic nitrogens is 3. The maximum atomic E-state index is 14.2. The molecule has 7 nitrogen and oxygen atoms in total. The Morgan fingerprint density at radius 1 is 1.10 bits per heavy atom. The summed E-state index contributed by atoms with van der Waals surface area (Å²) in [5.41, 5.74) is 2.11. The van der Waals surface area contributed by atoms with Crippen molar-refractivity contribution in [3.8, 4) is 11.4 Å². The minimum absolute atomic E-state index is 0.00380.